The summed E-state index contributed by atoms with van der Waals surface area (Å²) in [6, 6.07) is 5.38. The fraction of sp³-hybridized carbons (Fsp3) is 0.100. The molecule has 0 bridgehead atoms. The first-order valence-corrected chi connectivity index (χ1v) is 4.97. The minimum absolute atomic E-state index is 0.150. The number of rotatable bonds is 2. The second kappa shape index (κ2) is 4.32. The third-order valence-electron chi connectivity index (χ3n) is 2.00. The van der Waals surface area contributed by atoms with E-state index in [1.165, 1.54) is 6.33 Å². The molecule has 0 saturated carbocycles. The first-order valence-electron chi connectivity index (χ1n) is 4.59. The number of benzene rings is 1. The maximum absolute atomic E-state index is 11.6. The van der Waals surface area contributed by atoms with Crippen molar-refractivity contribution in [1.29, 1.82) is 0 Å². The molecule has 1 aromatic carbocycles. The monoisotopic (exact) mass is 236 g/mol. The largest absolute Gasteiger partial charge is 0.318 e. The smallest absolute Gasteiger partial charge is 0.293 e. The lowest BCUT2D eigenvalue weighted by Crippen LogP contribution is -2.14. The van der Waals surface area contributed by atoms with Gasteiger partial charge in [-0.05, 0) is 24.6 Å². The van der Waals surface area contributed by atoms with Gasteiger partial charge in [-0.2, -0.15) is 5.10 Å². The molecular weight excluding hydrogens is 228 g/mol. The second-order valence-corrected chi connectivity index (χ2v) is 3.68. The molecule has 1 heterocycles. The molecule has 0 spiro atoms. The molecule has 2 rings (SSSR count). The van der Waals surface area contributed by atoms with Gasteiger partial charge in [-0.3, -0.25) is 9.89 Å². The van der Waals surface area contributed by atoms with Gasteiger partial charge in [-0.1, -0.05) is 17.7 Å². The van der Waals surface area contributed by atoms with Crippen LogP contribution in [0.5, 0.6) is 0 Å². The van der Waals surface area contributed by atoms with E-state index in [1.54, 1.807) is 12.1 Å². The highest BCUT2D eigenvalue weighted by molar-refractivity contribution is 6.33. The molecule has 0 fully saturated rings. The Morgan fingerprint density at radius 3 is 2.94 bits per heavy atom. The topological polar surface area (TPSA) is 70.7 Å². The highest BCUT2D eigenvalue weighted by atomic mass is 35.5. The van der Waals surface area contributed by atoms with E-state index in [0.29, 0.717) is 10.7 Å². The molecule has 0 aliphatic carbocycles. The number of nitrogens with zero attached hydrogens (tertiary/aromatic N) is 2. The molecule has 1 aromatic heterocycles. The van der Waals surface area contributed by atoms with Crippen LogP contribution in [0.25, 0.3) is 0 Å². The first kappa shape index (κ1) is 10.6. The lowest BCUT2D eigenvalue weighted by Gasteiger charge is -2.05. The highest BCUT2D eigenvalue weighted by Gasteiger charge is 2.10. The molecule has 2 aromatic rings. The van der Waals surface area contributed by atoms with Gasteiger partial charge >= 0.3 is 0 Å². The van der Waals surface area contributed by atoms with Crippen molar-refractivity contribution in [2.75, 3.05) is 5.32 Å². The summed E-state index contributed by atoms with van der Waals surface area (Å²) in [6.45, 7) is 1.92. The van der Waals surface area contributed by atoms with Crippen molar-refractivity contribution in [3.8, 4) is 0 Å². The Labute approximate surface area is 96.8 Å². The number of aryl methyl sites for hydroxylation is 1. The number of hydrogen-bond donors (Lipinski definition) is 2. The fourth-order valence-corrected chi connectivity index (χ4v) is 1.50. The summed E-state index contributed by atoms with van der Waals surface area (Å²) in [5, 5.41) is 9.19. The number of carbonyl (C=O) groups is 1. The van der Waals surface area contributed by atoms with E-state index in [1.807, 2.05) is 13.0 Å². The number of carbonyl (C=O) groups excluding carboxylic acids is 1. The van der Waals surface area contributed by atoms with Crippen LogP contribution in [0.4, 0.5) is 5.69 Å². The van der Waals surface area contributed by atoms with Gasteiger partial charge in [0.1, 0.15) is 6.33 Å². The molecule has 0 aliphatic rings. The number of hydrogen-bond acceptors (Lipinski definition) is 3. The van der Waals surface area contributed by atoms with Gasteiger partial charge in [0.2, 0.25) is 5.82 Å². The van der Waals surface area contributed by atoms with Gasteiger partial charge in [0, 0.05) is 0 Å². The summed E-state index contributed by atoms with van der Waals surface area (Å²) in [5.41, 5.74) is 1.58. The van der Waals surface area contributed by atoms with Crippen LogP contribution in [0.15, 0.2) is 24.5 Å². The lowest BCUT2D eigenvalue weighted by molar-refractivity contribution is 0.101. The summed E-state index contributed by atoms with van der Waals surface area (Å²) < 4.78 is 0. The van der Waals surface area contributed by atoms with Gasteiger partial charge in [0.25, 0.3) is 5.91 Å². The second-order valence-electron chi connectivity index (χ2n) is 3.27. The quantitative estimate of drug-likeness (QED) is 0.838. The molecule has 2 N–H and O–H groups in total. The van der Waals surface area contributed by atoms with Crippen LogP contribution in [0.1, 0.15) is 16.2 Å². The van der Waals surface area contributed by atoms with Gasteiger partial charge in [0.05, 0.1) is 10.7 Å². The standard InChI is InChI=1S/C10H9ClN4O/c1-6-2-3-8(7(11)4-6)14-10(16)9-12-5-13-15-9/h2-5H,1H3,(H,14,16)(H,12,13,15). The predicted molar refractivity (Wildman–Crippen MR) is 60.5 cm³/mol. The van der Waals surface area contributed by atoms with Crippen LogP contribution in [-0.2, 0) is 0 Å². The van der Waals surface area contributed by atoms with E-state index in [0.717, 1.165) is 5.56 Å². The number of nitrogens with one attached hydrogen (secondary N) is 2. The minimum atomic E-state index is -0.372. The van der Waals surface area contributed by atoms with Crippen LogP contribution in [0.3, 0.4) is 0 Å². The summed E-state index contributed by atoms with van der Waals surface area (Å²) in [7, 11) is 0. The average Bonchev–Trinajstić information content (AvgIpc) is 2.75. The summed E-state index contributed by atoms with van der Waals surface area (Å²) >= 11 is 5.97. The minimum Gasteiger partial charge on any atom is -0.318 e. The summed E-state index contributed by atoms with van der Waals surface area (Å²) in [6.07, 6.45) is 1.27. The van der Waals surface area contributed by atoms with Crippen LogP contribution < -0.4 is 5.32 Å². The van der Waals surface area contributed by atoms with Crippen molar-refractivity contribution >= 4 is 23.2 Å². The van der Waals surface area contributed by atoms with E-state index < -0.39 is 0 Å². The first-order chi connectivity index (χ1) is 7.66. The molecule has 0 atom stereocenters. The molecule has 0 radical (unpaired) electrons. The number of aromatic amines is 1. The molecule has 0 aliphatic heterocycles. The van der Waals surface area contributed by atoms with E-state index in [2.05, 4.69) is 20.5 Å². The third kappa shape index (κ3) is 2.20. The average molecular weight is 237 g/mol. The molecule has 82 valence electrons. The molecular formula is C10H9ClN4O. The Morgan fingerprint density at radius 1 is 1.50 bits per heavy atom. The van der Waals surface area contributed by atoms with E-state index >= 15 is 0 Å². The third-order valence-corrected chi connectivity index (χ3v) is 2.32. The van der Waals surface area contributed by atoms with Crippen molar-refractivity contribution in [1.82, 2.24) is 15.2 Å². The SMILES string of the molecule is Cc1ccc(NC(=O)c2ncn[nH]2)c(Cl)c1. The normalized spacial score (nSPS) is 10.1. The Bertz CT molecular complexity index is 510. The van der Waals surface area contributed by atoms with Crippen LogP contribution in [0.2, 0.25) is 5.02 Å². The molecule has 1 amide bonds. The van der Waals surface area contributed by atoms with Crippen molar-refractivity contribution in [3.05, 3.63) is 40.9 Å². The summed E-state index contributed by atoms with van der Waals surface area (Å²) in [4.78, 5) is 15.3. The van der Waals surface area contributed by atoms with Crippen LogP contribution in [0, 0.1) is 6.92 Å². The molecule has 5 nitrogen and oxygen atoms in total. The van der Waals surface area contributed by atoms with Crippen molar-refractivity contribution in [2.45, 2.75) is 6.92 Å². The number of aromatic nitrogens is 3. The number of amides is 1. The maximum atomic E-state index is 11.6. The van der Waals surface area contributed by atoms with Gasteiger partial charge in [0.15, 0.2) is 0 Å². The molecule has 0 unspecified atom stereocenters. The zero-order valence-corrected chi connectivity index (χ0v) is 9.25. The zero-order chi connectivity index (χ0) is 11.5. The molecule has 16 heavy (non-hydrogen) atoms. The van der Waals surface area contributed by atoms with Gasteiger partial charge in [-0.15, -0.1) is 0 Å². The van der Waals surface area contributed by atoms with Crippen LogP contribution in [-0.4, -0.2) is 21.1 Å². The summed E-state index contributed by atoms with van der Waals surface area (Å²) in [5.74, 6) is -0.222. The van der Waals surface area contributed by atoms with E-state index in [-0.39, 0.29) is 11.7 Å². The van der Waals surface area contributed by atoms with Crippen molar-refractivity contribution < 1.29 is 4.79 Å². The highest BCUT2D eigenvalue weighted by Crippen LogP contribution is 2.22. The zero-order valence-electron chi connectivity index (χ0n) is 8.49. The Hall–Kier alpha value is -1.88. The maximum Gasteiger partial charge on any atom is 0.293 e. The Morgan fingerprint density at radius 2 is 2.31 bits per heavy atom. The lowest BCUT2D eigenvalue weighted by atomic mass is 10.2. The molecule has 6 heteroatoms. The Kier molecular flexibility index (Phi) is 2.87. The number of anilines is 1. The van der Waals surface area contributed by atoms with Gasteiger partial charge < -0.3 is 5.32 Å². The predicted octanol–water partition coefficient (Wildman–Crippen LogP) is 2.02. The number of H-pyrrole nitrogens is 1. The van der Waals surface area contributed by atoms with E-state index in [9.17, 15) is 4.79 Å². The Balaban J connectivity index is 2.18. The molecule has 0 saturated heterocycles. The van der Waals surface area contributed by atoms with Crippen molar-refractivity contribution in [3.63, 3.8) is 0 Å². The van der Waals surface area contributed by atoms with E-state index in [4.69, 9.17) is 11.6 Å². The van der Waals surface area contributed by atoms with Crippen LogP contribution >= 0.6 is 11.6 Å². The number of halogens is 1. The fourth-order valence-electron chi connectivity index (χ4n) is 1.22. The van der Waals surface area contributed by atoms with Gasteiger partial charge in [-0.25, -0.2) is 4.98 Å². The van der Waals surface area contributed by atoms with Crippen molar-refractivity contribution in [2.24, 2.45) is 0 Å².